The van der Waals surface area contributed by atoms with Crippen molar-refractivity contribution in [2.24, 2.45) is 5.92 Å². The summed E-state index contributed by atoms with van der Waals surface area (Å²) in [4.78, 5) is 0. The van der Waals surface area contributed by atoms with Crippen LogP contribution in [0, 0.1) is 17.6 Å². The van der Waals surface area contributed by atoms with Crippen molar-refractivity contribution in [2.75, 3.05) is 20.8 Å². The van der Waals surface area contributed by atoms with E-state index in [1.54, 1.807) is 19.2 Å². The second-order valence-corrected chi connectivity index (χ2v) is 4.57. The van der Waals surface area contributed by atoms with Crippen molar-refractivity contribution in [3.05, 3.63) is 35.4 Å². The van der Waals surface area contributed by atoms with Crippen LogP contribution in [0.1, 0.15) is 18.9 Å². The fourth-order valence-corrected chi connectivity index (χ4v) is 2.04. The molecule has 0 fully saturated rings. The lowest BCUT2D eigenvalue weighted by Crippen LogP contribution is -2.35. The average Bonchev–Trinajstić information content (AvgIpc) is 2.37. The number of rotatable bonds is 7. The molecule has 0 spiro atoms. The first-order valence-corrected chi connectivity index (χ1v) is 6.19. The van der Waals surface area contributed by atoms with Crippen LogP contribution in [0.5, 0.6) is 0 Å². The second-order valence-electron chi connectivity index (χ2n) is 4.57. The zero-order valence-corrected chi connectivity index (χ0v) is 11.2. The van der Waals surface area contributed by atoms with Gasteiger partial charge in [0.05, 0.1) is 0 Å². The van der Waals surface area contributed by atoms with E-state index in [4.69, 9.17) is 4.74 Å². The molecule has 0 amide bonds. The van der Waals surface area contributed by atoms with Crippen LogP contribution < -0.4 is 5.32 Å². The van der Waals surface area contributed by atoms with Gasteiger partial charge >= 0.3 is 0 Å². The van der Waals surface area contributed by atoms with Gasteiger partial charge in [-0.2, -0.15) is 0 Å². The molecule has 1 aromatic rings. The van der Waals surface area contributed by atoms with Crippen LogP contribution >= 0.6 is 0 Å². The van der Waals surface area contributed by atoms with Crippen LogP contribution in [-0.4, -0.2) is 26.8 Å². The fourth-order valence-electron chi connectivity index (χ4n) is 2.04. The molecule has 0 aromatic heterocycles. The van der Waals surface area contributed by atoms with E-state index < -0.39 is 11.6 Å². The van der Waals surface area contributed by atoms with Gasteiger partial charge in [0.2, 0.25) is 0 Å². The topological polar surface area (TPSA) is 21.3 Å². The summed E-state index contributed by atoms with van der Waals surface area (Å²) in [6, 6.07) is 4.42. The molecular formula is C14H21F2NO. The molecule has 2 atom stereocenters. The van der Waals surface area contributed by atoms with Crippen molar-refractivity contribution in [1.82, 2.24) is 5.32 Å². The van der Waals surface area contributed by atoms with Crippen LogP contribution in [0.2, 0.25) is 0 Å². The molecule has 0 aliphatic rings. The normalized spacial score (nSPS) is 14.5. The Balaban J connectivity index is 2.70. The summed E-state index contributed by atoms with van der Waals surface area (Å²) in [6.07, 6.45) is 1.36. The Labute approximate surface area is 107 Å². The van der Waals surface area contributed by atoms with E-state index in [1.165, 1.54) is 0 Å². The van der Waals surface area contributed by atoms with Crippen molar-refractivity contribution in [3.63, 3.8) is 0 Å². The van der Waals surface area contributed by atoms with E-state index in [1.807, 2.05) is 7.05 Å². The van der Waals surface area contributed by atoms with E-state index in [2.05, 4.69) is 12.2 Å². The molecule has 1 aromatic carbocycles. The number of methoxy groups -OCH3 is 1. The highest BCUT2D eigenvalue weighted by Gasteiger charge is 2.18. The lowest BCUT2D eigenvalue weighted by atomic mass is 9.92. The molecule has 0 bridgehead atoms. The molecule has 0 saturated heterocycles. The van der Waals surface area contributed by atoms with E-state index in [0.717, 1.165) is 12.5 Å². The lowest BCUT2D eigenvalue weighted by Gasteiger charge is -2.23. The maximum atomic E-state index is 13.6. The number of benzene rings is 1. The first-order chi connectivity index (χ1) is 8.60. The Bertz CT molecular complexity index is 371. The first-order valence-electron chi connectivity index (χ1n) is 6.19. The Hall–Kier alpha value is -1.00. The van der Waals surface area contributed by atoms with Gasteiger partial charge in [0.15, 0.2) is 11.6 Å². The second kappa shape index (κ2) is 7.44. The highest BCUT2D eigenvalue weighted by Crippen LogP contribution is 2.17. The lowest BCUT2D eigenvalue weighted by molar-refractivity contribution is 0.171. The molecule has 0 radical (unpaired) electrons. The largest absolute Gasteiger partial charge is 0.385 e. The van der Waals surface area contributed by atoms with E-state index in [0.29, 0.717) is 24.5 Å². The van der Waals surface area contributed by atoms with Crippen molar-refractivity contribution in [2.45, 2.75) is 25.8 Å². The molecule has 0 heterocycles. The molecule has 0 aliphatic carbocycles. The predicted molar refractivity (Wildman–Crippen MR) is 68.6 cm³/mol. The standard InChI is InChI=1S/C14H21F2NO/c1-10(7-8-18-3)13(17-2)9-11-5-4-6-12(15)14(11)16/h4-6,10,13,17H,7-9H2,1-3H3. The van der Waals surface area contributed by atoms with Gasteiger partial charge in [0.1, 0.15) is 0 Å². The van der Waals surface area contributed by atoms with Gasteiger partial charge in [-0.15, -0.1) is 0 Å². The summed E-state index contributed by atoms with van der Waals surface area (Å²) in [5.41, 5.74) is 0.415. The molecule has 102 valence electrons. The highest BCUT2D eigenvalue weighted by molar-refractivity contribution is 5.20. The molecule has 1 N–H and O–H groups in total. The molecule has 2 nitrogen and oxygen atoms in total. The van der Waals surface area contributed by atoms with Crippen LogP contribution in [0.15, 0.2) is 18.2 Å². The van der Waals surface area contributed by atoms with Gasteiger partial charge in [0, 0.05) is 19.8 Å². The average molecular weight is 257 g/mol. The molecule has 0 aliphatic heterocycles. The molecule has 1 rings (SSSR count). The van der Waals surface area contributed by atoms with Gasteiger partial charge in [-0.3, -0.25) is 0 Å². The van der Waals surface area contributed by atoms with Crippen LogP contribution in [0.3, 0.4) is 0 Å². The van der Waals surface area contributed by atoms with Crippen LogP contribution in [-0.2, 0) is 11.2 Å². The summed E-state index contributed by atoms with van der Waals surface area (Å²) in [6.45, 7) is 2.75. The number of hydrogen-bond acceptors (Lipinski definition) is 2. The molecule has 2 unspecified atom stereocenters. The van der Waals surface area contributed by atoms with Crippen molar-refractivity contribution in [1.29, 1.82) is 0 Å². The van der Waals surface area contributed by atoms with E-state index in [-0.39, 0.29) is 6.04 Å². The molecule has 0 saturated carbocycles. The SMILES string of the molecule is CNC(Cc1cccc(F)c1F)C(C)CCOC. The number of likely N-dealkylation sites (N-methyl/N-ethyl adjacent to an activating group) is 1. The summed E-state index contributed by atoms with van der Waals surface area (Å²) in [7, 11) is 3.50. The maximum Gasteiger partial charge on any atom is 0.162 e. The van der Waals surface area contributed by atoms with Gasteiger partial charge in [0.25, 0.3) is 0 Å². The van der Waals surface area contributed by atoms with Crippen molar-refractivity contribution in [3.8, 4) is 0 Å². The molecule has 18 heavy (non-hydrogen) atoms. The quantitative estimate of drug-likeness (QED) is 0.811. The number of nitrogens with one attached hydrogen (secondary N) is 1. The molecular weight excluding hydrogens is 236 g/mol. The van der Waals surface area contributed by atoms with E-state index >= 15 is 0 Å². The fraction of sp³-hybridized carbons (Fsp3) is 0.571. The van der Waals surface area contributed by atoms with Crippen LogP contribution in [0.4, 0.5) is 8.78 Å². The zero-order valence-electron chi connectivity index (χ0n) is 11.2. The van der Waals surface area contributed by atoms with E-state index in [9.17, 15) is 8.78 Å². The Morgan fingerprint density at radius 2 is 2.06 bits per heavy atom. The third-order valence-corrected chi connectivity index (χ3v) is 3.31. The minimum Gasteiger partial charge on any atom is -0.385 e. The third kappa shape index (κ3) is 4.03. The van der Waals surface area contributed by atoms with Gasteiger partial charge in [-0.05, 0) is 37.4 Å². The number of ether oxygens (including phenoxy) is 1. The van der Waals surface area contributed by atoms with Crippen LogP contribution in [0.25, 0.3) is 0 Å². The van der Waals surface area contributed by atoms with Crippen molar-refractivity contribution < 1.29 is 13.5 Å². The summed E-state index contributed by atoms with van der Waals surface area (Å²) < 4.78 is 31.7. The predicted octanol–water partition coefficient (Wildman–Crippen LogP) is 2.77. The number of halogens is 2. The minimum absolute atomic E-state index is 0.108. The zero-order chi connectivity index (χ0) is 13.5. The van der Waals surface area contributed by atoms with Gasteiger partial charge in [-0.1, -0.05) is 19.1 Å². The Kier molecular flexibility index (Phi) is 6.22. The monoisotopic (exact) mass is 257 g/mol. The maximum absolute atomic E-state index is 13.6. The van der Waals surface area contributed by atoms with Gasteiger partial charge < -0.3 is 10.1 Å². The van der Waals surface area contributed by atoms with Gasteiger partial charge in [-0.25, -0.2) is 8.78 Å². The minimum atomic E-state index is -0.785. The molecule has 4 heteroatoms. The highest BCUT2D eigenvalue weighted by atomic mass is 19.2. The summed E-state index contributed by atoms with van der Waals surface area (Å²) in [5, 5.41) is 3.16. The summed E-state index contributed by atoms with van der Waals surface area (Å²) in [5.74, 6) is -1.19. The van der Waals surface area contributed by atoms with Crippen molar-refractivity contribution >= 4 is 0 Å². The third-order valence-electron chi connectivity index (χ3n) is 3.31. The Morgan fingerprint density at radius 1 is 1.33 bits per heavy atom. The number of hydrogen-bond donors (Lipinski definition) is 1. The first kappa shape index (κ1) is 15.1. The summed E-state index contributed by atoms with van der Waals surface area (Å²) >= 11 is 0. The smallest absolute Gasteiger partial charge is 0.162 e. The Morgan fingerprint density at radius 3 is 2.67 bits per heavy atom.